The van der Waals surface area contributed by atoms with E-state index in [9.17, 15) is 4.79 Å². The molecule has 1 unspecified atom stereocenters. The van der Waals surface area contributed by atoms with E-state index in [2.05, 4.69) is 38.7 Å². The molecule has 6 bridgehead atoms. The van der Waals surface area contributed by atoms with E-state index in [0.717, 1.165) is 45.8 Å². The summed E-state index contributed by atoms with van der Waals surface area (Å²) in [4.78, 5) is 21.6. The number of fused-ring (bicyclic) bond motifs is 2. The molecule has 0 N–H and O–H groups in total. The highest BCUT2D eigenvalue weighted by molar-refractivity contribution is 6.05. The number of piperazine rings is 1. The number of carbonyl (C=O) groups is 1. The van der Waals surface area contributed by atoms with E-state index >= 15 is 0 Å². The number of benzene rings is 3. The molecule has 0 aliphatic carbocycles. The topological polar surface area (TPSA) is 50.6 Å². The van der Waals surface area contributed by atoms with Crippen LogP contribution < -0.4 is 9.64 Å². The Bertz CT molecular complexity index is 1300. The highest BCUT2D eigenvalue weighted by atomic mass is 16.5. The SMILES string of the molecule is O=C1CN2CCN1c1cccc3ccc(cc13)Oc1cccc(c1)Cn1cncc1C2. The van der Waals surface area contributed by atoms with Crippen LogP contribution in [-0.4, -0.2) is 40.0 Å². The van der Waals surface area contributed by atoms with Gasteiger partial charge in [-0.05, 0) is 41.3 Å². The van der Waals surface area contributed by atoms with Crippen molar-refractivity contribution in [1.29, 1.82) is 0 Å². The summed E-state index contributed by atoms with van der Waals surface area (Å²) in [5, 5.41) is 2.13. The van der Waals surface area contributed by atoms with Gasteiger partial charge in [-0.1, -0.05) is 30.3 Å². The van der Waals surface area contributed by atoms with Gasteiger partial charge in [0.1, 0.15) is 11.5 Å². The minimum atomic E-state index is 0.119. The number of hydrogen-bond donors (Lipinski definition) is 0. The van der Waals surface area contributed by atoms with E-state index in [1.165, 1.54) is 0 Å². The Labute approximate surface area is 180 Å². The van der Waals surface area contributed by atoms with Crippen LogP contribution in [0.15, 0.2) is 73.2 Å². The molecule has 0 spiro atoms. The number of carbonyl (C=O) groups excluding carboxylic acids is 1. The molecule has 6 nitrogen and oxygen atoms in total. The number of nitrogens with zero attached hydrogens (tertiary/aromatic N) is 4. The molecule has 4 aromatic rings. The zero-order valence-corrected chi connectivity index (χ0v) is 17.1. The molecular formula is C25H22N4O2. The average molecular weight is 410 g/mol. The quantitative estimate of drug-likeness (QED) is 0.439. The van der Waals surface area contributed by atoms with Gasteiger partial charge < -0.3 is 14.2 Å². The van der Waals surface area contributed by atoms with Gasteiger partial charge >= 0.3 is 0 Å². The highest BCUT2D eigenvalue weighted by Gasteiger charge is 2.27. The monoisotopic (exact) mass is 410 g/mol. The predicted octanol–water partition coefficient (Wildman–Crippen LogP) is 4.04. The minimum absolute atomic E-state index is 0.119. The molecule has 7 rings (SSSR count). The number of aromatic nitrogens is 2. The molecule has 1 fully saturated rings. The Morgan fingerprint density at radius 3 is 2.71 bits per heavy atom. The second-order valence-corrected chi connectivity index (χ2v) is 8.18. The van der Waals surface area contributed by atoms with Crippen molar-refractivity contribution >= 4 is 22.4 Å². The van der Waals surface area contributed by atoms with Crippen molar-refractivity contribution in [2.75, 3.05) is 24.5 Å². The second kappa shape index (κ2) is 7.25. The van der Waals surface area contributed by atoms with Gasteiger partial charge in [-0.25, -0.2) is 4.98 Å². The van der Waals surface area contributed by atoms with Crippen molar-refractivity contribution in [3.05, 3.63) is 84.4 Å². The summed E-state index contributed by atoms with van der Waals surface area (Å²) in [7, 11) is 0. The lowest BCUT2D eigenvalue weighted by Gasteiger charge is -2.35. The number of imidazole rings is 1. The summed E-state index contributed by atoms with van der Waals surface area (Å²) in [5.74, 6) is 1.68. The number of ether oxygens (including phenoxy) is 1. The summed E-state index contributed by atoms with van der Waals surface area (Å²) in [5.41, 5.74) is 3.19. The fourth-order valence-electron chi connectivity index (χ4n) is 4.54. The molecule has 3 aliphatic heterocycles. The van der Waals surface area contributed by atoms with E-state index in [1.54, 1.807) is 0 Å². The normalized spacial score (nSPS) is 18.3. The minimum Gasteiger partial charge on any atom is -0.457 e. The number of rotatable bonds is 0. The first kappa shape index (κ1) is 18.2. The first-order chi connectivity index (χ1) is 15.2. The number of anilines is 1. The van der Waals surface area contributed by atoms with Crippen molar-refractivity contribution < 1.29 is 9.53 Å². The maximum atomic E-state index is 13.1. The molecule has 1 saturated heterocycles. The van der Waals surface area contributed by atoms with E-state index in [-0.39, 0.29) is 5.91 Å². The molecule has 3 aromatic carbocycles. The number of hydrogen-bond acceptors (Lipinski definition) is 4. The van der Waals surface area contributed by atoms with Crippen molar-refractivity contribution in [2.45, 2.75) is 13.1 Å². The Kier molecular flexibility index (Phi) is 4.25. The van der Waals surface area contributed by atoms with Gasteiger partial charge in [0.15, 0.2) is 0 Å². The zero-order chi connectivity index (χ0) is 20.8. The maximum Gasteiger partial charge on any atom is 0.241 e. The molecule has 3 aliphatic rings. The fourth-order valence-corrected chi connectivity index (χ4v) is 4.54. The molecule has 1 atom stereocenters. The lowest BCUT2D eigenvalue weighted by molar-refractivity contribution is -0.121. The Morgan fingerprint density at radius 2 is 1.77 bits per heavy atom. The van der Waals surface area contributed by atoms with Crippen LogP contribution >= 0.6 is 0 Å². The average Bonchev–Trinajstić information content (AvgIpc) is 3.20. The summed E-state index contributed by atoms with van der Waals surface area (Å²) >= 11 is 0. The van der Waals surface area contributed by atoms with Crippen LogP contribution in [-0.2, 0) is 17.9 Å². The first-order valence-corrected chi connectivity index (χ1v) is 10.5. The molecule has 4 heterocycles. The Balaban J connectivity index is 1.49. The largest absolute Gasteiger partial charge is 0.457 e. The maximum absolute atomic E-state index is 13.1. The predicted molar refractivity (Wildman–Crippen MR) is 119 cm³/mol. The summed E-state index contributed by atoms with van der Waals surface area (Å²) < 4.78 is 8.36. The molecule has 31 heavy (non-hydrogen) atoms. The van der Waals surface area contributed by atoms with Crippen molar-refractivity contribution in [3.63, 3.8) is 0 Å². The van der Waals surface area contributed by atoms with E-state index in [0.29, 0.717) is 26.2 Å². The van der Waals surface area contributed by atoms with Crippen molar-refractivity contribution in [2.24, 2.45) is 0 Å². The molecule has 1 amide bonds. The lowest BCUT2D eigenvalue weighted by Crippen LogP contribution is -2.50. The Morgan fingerprint density at radius 1 is 0.871 bits per heavy atom. The van der Waals surface area contributed by atoms with Crippen LogP contribution in [0.5, 0.6) is 11.5 Å². The first-order valence-electron chi connectivity index (χ1n) is 10.5. The van der Waals surface area contributed by atoms with Gasteiger partial charge in [0.05, 0.1) is 24.3 Å². The van der Waals surface area contributed by atoms with Crippen LogP contribution in [0.2, 0.25) is 0 Å². The number of amides is 1. The Hall–Kier alpha value is -3.64. The van der Waals surface area contributed by atoms with Gasteiger partial charge in [-0.2, -0.15) is 0 Å². The van der Waals surface area contributed by atoms with Crippen LogP contribution in [0.25, 0.3) is 10.8 Å². The molecule has 6 heteroatoms. The third-order valence-corrected chi connectivity index (χ3v) is 6.09. The van der Waals surface area contributed by atoms with Crippen LogP contribution in [0.1, 0.15) is 11.3 Å². The van der Waals surface area contributed by atoms with E-state index in [4.69, 9.17) is 4.74 Å². The van der Waals surface area contributed by atoms with Gasteiger partial charge in [0.2, 0.25) is 5.91 Å². The second-order valence-electron chi connectivity index (χ2n) is 8.18. The molecular weight excluding hydrogens is 388 g/mol. The fraction of sp³-hybridized carbons (Fsp3) is 0.200. The van der Waals surface area contributed by atoms with E-state index < -0.39 is 0 Å². The molecule has 0 radical (unpaired) electrons. The van der Waals surface area contributed by atoms with Gasteiger partial charge in [0.25, 0.3) is 0 Å². The van der Waals surface area contributed by atoms with Crippen molar-refractivity contribution in [3.8, 4) is 11.5 Å². The molecule has 1 aromatic heterocycles. The summed E-state index contributed by atoms with van der Waals surface area (Å²) in [6.07, 6.45) is 3.75. The highest BCUT2D eigenvalue weighted by Crippen LogP contribution is 2.33. The lowest BCUT2D eigenvalue weighted by atomic mass is 10.1. The van der Waals surface area contributed by atoms with E-state index in [1.807, 2.05) is 53.8 Å². The zero-order valence-electron chi connectivity index (χ0n) is 17.1. The van der Waals surface area contributed by atoms with Crippen LogP contribution in [0.4, 0.5) is 5.69 Å². The van der Waals surface area contributed by atoms with Gasteiger partial charge in [-0.15, -0.1) is 0 Å². The summed E-state index contributed by atoms with van der Waals surface area (Å²) in [6.45, 7) is 3.29. The summed E-state index contributed by atoms with van der Waals surface area (Å²) in [6, 6.07) is 20.4. The third kappa shape index (κ3) is 3.35. The smallest absolute Gasteiger partial charge is 0.241 e. The standard InChI is InChI=1S/C25H22N4O2/c30-25-16-27-9-10-29(25)24-6-2-4-19-7-8-22(12-23(19)24)31-21-5-1-3-18(11-21)14-28-17-26-13-20(28)15-27/h1-8,11-13,17H,9-10,14-16H2. The van der Waals surface area contributed by atoms with Crippen molar-refractivity contribution in [1.82, 2.24) is 14.5 Å². The van der Waals surface area contributed by atoms with Gasteiger partial charge in [0, 0.05) is 37.8 Å². The van der Waals surface area contributed by atoms with Crippen LogP contribution in [0, 0.1) is 0 Å². The van der Waals surface area contributed by atoms with Crippen LogP contribution in [0.3, 0.4) is 0 Å². The third-order valence-electron chi connectivity index (χ3n) is 6.09. The van der Waals surface area contributed by atoms with Gasteiger partial charge in [-0.3, -0.25) is 9.69 Å². The molecule has 0 saturated carbocycles. The molecule has 154 valence electrons.